The number of imide groups is 1. The Kier molecular flexibility index (Phi) is 5.37. The van der Waals surface area contributed by atoms with Crippen molar-refractivity contribution in [3.63, 3.8) is 0 Å². The molecule has 2 aromatic carbocycles. The van der Waals surface area contributed by atoms with Crippen molar-refractivity contribution in [1.29, 1.82) is 0 Å². The first-order chi connectivity index (χ1) is 13.5. The van der Waals surface area contributed by atoms with Crippen LogP contribution in [0.25, 0.3) is 6.08 Å². The third-order valence-corrected chi connectivity index (χ3v) is 6.47. The van der Waals surface area contributed by atoms with Gasteiger partial charge in [-0.1, -0.05) is 58.4 Å². The Labute approximate surface area is 175 Å². The van der Waals surface area contributed by atoms with Gasteiger partial charge in [0.15, 0.2) is 0 Å². The SMILES string of the molecule is O=C(CN1C(=O)S/C(=C\c2ccccc2Br)C1=O)N1CCc2ccccc2C1. The van der Waals surface area contributed by atoms with Crippen molar-refractivity contribution in [2.75, 3.05) is 13.1 Å². The van der Waals surface area contributed by atoms with E-state index >= 15 is 0 Å². The number of hydrogen-bond donors (Lipinski definition) is 0. The molecule has 0 aliphatic carbocycles. The summed E-state index contributed by atoms with van der Waals surface area (Å²) in [4.78, 5) is 40.8. The molecule has 142 valence electrons. The number of rotatable bonds is 3. The van der Waals surface area contributed by atoms with Gasteiger partial charge in [0, 0.05) is 17.6 Å². The van der Waals surface area contributed by atoms with E-state index in [1.54, 1.807) is 11.0 Å². The van der Waals surface area contributed by atoms with Gasteiger partial charge in [-0.2, -0.15) is 0 Å². The van der Waals surface area contributed by atoms with Gasteiger partial charge in [0.1, 0.15) is 6.54 Å². The average Bonchev–Trinajstić information content (AvgIpc) is 2.96. The topological polar surface area (TPSA) is 57.7 Å². The molecule has 0 saturated carbocycles. The maximum absolute atomic E-state index is 12.7. The highest BCUT2D eigenvalue weighted by atomic mass is 79.9. The molecule has 1 saturated heterocycles. The monoisotopic (exact) mass is 456 g/mol. The van der Waals surface area contributed by atoms with E-state index in [0.717, 1.165) is 38.7 Å². The van der Waals surface area contributed by atoms with Crippen LogP contribution in [0.15, 0.2) is 57.9 Å². The first kappa shape index (κ1) is 19.0. The first-order valence-electron chi connectivity index (χ1n) is 8.87. The molecule has 5 nitrogen and oxygen atoms in total. The van der Waals surface area contributed by atoms with Crippen LogP contribution in [0.2, 0.25) is 0 Å². The molecule has 0 radical (unpaired) electrons. The molecule has 0 spiro atoms. The van der Waals surface area contributed by atoms with Gasteiger partial charge < -0.3 is 4.90 Å². The largest absolute Gasteiger partial charge is 0.336 e. The van der Waals surface area contributed by atoms with E-state index in [9.17, 15) is 14.4 Å². The van der Waals surface area contributed by atoms with Crippen molar-refractivity contribution in [3.8, 4) is 0 Å². The Hall–Kier alpha value is -2.38. The maximum atomic E-state index is 12.7. The van der Waals surface area contributed by atoms with E-state index in [4.69, 9.17) is 0 Å². The Morgan fingerprint density at radius 1 is 1.07 bits per heavy atom. The summed E-state index contributed by atoms with van der Waals surface area (Å²) in [6, 6.07) is 15.5. The van der Waals surface area contributed by atoms with Crippen molar-refractivity contribution in [2.45, 2.75) is 13.0 Å². The number of fused-ring (bicyclic) bond motifs is 1. The number of nitrogens with zero attached hydrogens (tertiary/aromatic N) is 2. The fourth-order valence-electron chi connectivity index (χ4n) is 3.31. The van der Waals surface area contributed by atoms with Crippen LogP contribution in [0, 0.1) is 0 Å². The molecule has 3 amide bonds. The maximum Gasteiger partial charge on any atom is 0.294 e. The molecule has 2 aliphatic rings. The molecule has 7 heteroatoms. The minimum absolute atomic E-state index is 0.209. The summed E-state index contributed by atoms with van der Waals surface area (Å²) >= 11 is 4.30. The summed E-state index contributed by atoms with van der Waals surface area (Å²) in [5.74, 6) is -0.629. The smallest absolute Gasteiger partial charge is 0.294 e. The van der Waals surface area contributed by atoms with Crippen LogP contribution in [-0.2, 0) is 22.6 Å². The van der Waals surface area contributed by atoms with Gasteiger partial charge in [-0.3, -0.25) is 19.3 Å². The number of carbonyl (C=O) groups is 3. The molecule has 0 unspecified atom stereocenters. The van der Waals surface area contributed by atoms with E-state index < -0.39 is 11.1 Å². The molecule has 2 aromatic rings. The third-order valence-electron chi connectivity index (χ3n) is 4.84. The van der Waals surface area contributed by atoms with Gasteiger partial charge in [0.25, 0.3) is 11.1 Å². The van der Waals surface area contributed by atoms with Crippen LogP contribution in [0.4, 0.5) is 4.79 Å². The van der Waals surface area contributed by atoms with Crippen molar-refractivity contribution in [1.82, 2.24) is 9.80 Å². The Morgan fingerprint density at radius 3 is 2.57 bits per heavy atom. The zero-order chi connectivity index (χ0) is 19.7. The second-order valence-corrected chi connectivity index (χ2v) is 8.47. The van der Waals surface area contributed by atoms with E-state index in [0.29, 0.717) is 18.0 Å². The predicted molar refractivity (Wildman–Crippen MR) is 112 cm³/mol. The van der Waals surface area contributed by atoms with E-state index in [2.05, 4.69) is 22.0 Å². The van der Waals surface area contributed by atoms with Crippen LogP contribution >= 0.6 is 27.7 Å². The number of hydrogen-bond acceptors (Lipinski definition) is 4. The highest BCUT2D eigenvalue weighted by Crippen LogP contribution is 2.33. The van der Waals surface area contributed by atoms with Gasteiger partial charge in [-0.25, -0.2) is 0 Å². The lowest BCUT2D eigenvalue weighted by Crippen LogP contribution is -2.44. The summed E-state index contributed by atoms with van der Waals surface area (Å²) < 4.78 is 0.838. The van der Waals surface area contributed by atoms with Gasteiger partial charge in [-0.15, -0.1) is 0 Å². The van der Waals surface area contributed by atoms with Crippen molar-refractivity contribution < 1.29 is 14.4 Å². The van der Waals surface area contributed by atoms with Gasteiger partial charge >= 0.3 is 0 Å². The molecule has 1 fully saturated rings. The minimum atomic E-state index is -0.420. The summed E-state index contributed by atoms with van der Waals surface area (Å²) in [5.41, 5.74) is 3.17. The number of benzene rings is 2. The second-order valence-electron chi connectivity index (χ2n) is 6.62. The fraction of sp³-hybridized carbons (Fsp3) is 0.190. The molecule has 4 rings (SSSR count). The van der Waals surface area contributed by atoms with Gasteiger partial charge in [0.2, 0.25) is 5.91 Å². The quantitative estimate of drug-likeness (QED) is 0.653. The average molecular weight is 457 g/mol. The first-order valence-corrected chi connectivity index (χ1v) is 10.5. The standard InChI is InChI=1S/C21H17BrN2O3S/c22-17-8-4-3-6-15(17)11-18-20(26)24(21(27)28-18)13-19(25)23-10-9-14-5-1-2-7-16(14)12-23/h1-8,11H,9-10,12-13H2/b18-11-. The molecule has 0 bridgehead atoms. The number of halogens is 1. The van der Waals surface area contributed by atoms with Crippen LogP contribution in [0.5, 0.6) is 0 Å². The molecule has 0 aromatic heterocycles. The highest BCUT2D eigenvalue weighted by Gasteiger charge is 2.37. The van der Waals surface area contributed by atoms with Crippen LogP contribution in [-0.4, -0.2) is 39.9 Å². The van der Waals surface area contributed by atoms with Crippen molar-refractivity contribution in [2.24, 2.45) is 0 Å². The second kappa shape index (κ2) is 7.93. The summed E-state index contributed by atoms with van der Waals surface area (Å²) in [7, 11) is 0. The molecule has 0 N–H and O–H groups in total. The van der Waals surface area contributed by atoms with Crippen LogP contribution < -0.4 is 0 Å². The number of thioether (sulfide) groups is 1. The summed E-state index contributed by atoms with van der Waals surface area (Å²) in [5, 5.41) is -0.408. The third kappa shape index (κ3) is 3.77. The lowest BCUT2D eigenvalue weighted by molar-refractivity contribution is -0.136. The highest BCUT2D eigenvalue weighted by molar-refractivity contribution is 9.10. The fourth-order valence-corrected chi connectivity index (χ4v) is 4.54. The van der Waals surface area contributed by atoms with Crippen molar-refractivity contribution >= 4 is 50.8 Å². The zero-order valence-corrected chi connectivity index (χ0v) is 17.3. The molecule has 2 heterocycles. The minimum Gasteiger partial charge on any atom is -0.336 e. The van der Waals surface area contributed by atoms with E-state index in [1.807, 2.05) is 42.5 Å². The van der Waals surface area contributed by atoms with Gasteiger partial charge in [0.05, 0.1) is 4.91 Å². The predicted octanol–water partition coefficient (Wildman–Crippen LogP) is 4.07. The number of amides is 3. The van der Waals surface area contributed by atoms with Crippen LogP contribution in [0.1, 0.15) is 16.7 Å². The van der Waals surface area contributed by atoms with Gasteiger partial charge in [-0.05, 0) is 47.0 Å². The Morgan fingerprint density at radius 2 is 1.79 bits per heavy atom. The summed E-state index contributed by atoms with van der Waals surface area (Å²) in [6.07, 6.45) is 2.46. The molecule has 2 aliphatic heterocycles. The Balaban J connectivity index is 1.47. The lowest BCUT2D eigenvalue weighted by atomic mass is 10.00. The molecule has 28 heavy (non-hydrogen) atoms. The van der Waals surface area contributed by atoms with E-state index in [-0.39, 0.29) is 12.5 Å². The Bertz CT molecular complexity index is 1000. The normalized spacial score (nSPS) is 18.0. The summed E-state index contributed by atoms with van der Waals surface area (Å²) in [6.45, 7) is 0.886. The van der Waals surface area contributed by atoms with Crippen LogP contribution in [0.3, 0.4) is 0 Å². The number of carbonyl (C=O) groups excluding carboxylic acids is 3. The molecule has 0 atom stereocenters. The molecular weight excluding hydrogens is 440 g/mol. The van der Waals surface area contributed by atoms with E-state index in [1.165, 1.54) is 5.56 Å². The molecular formula is C21H17BrN2O3S. The zero-order valence-electron chi connectivity index (χ0n) is 14.9. The lowest BCUT2D eigenvalue weighted by Gasteiger charge is -2.29. The van der Waals surface area contributed by atoms with Crippen molar-refractivity contribution in [3.05, 3.63) is 74.6 Å².